The van der Waals surface area contributed by atoms with Crippen LogP contribution in [0.25, 0.3) is 0 Å². The minimum atomic E-state index is -0.185. The van der Waals surface area contributed by atoms with Crippen molar-refractivity contribution in [2.75, 3.05) is 18.5 Å². The second-order valence-corrected chi connectivity index (χ2v) is 5.65. The number of amides is 2. The zero-order chi connectivity index (χ0) is 18.8. The lowest BCUT2D eigenvalue weighted by molar-refractivity contribution is -0.133. The smallest absolute Gasteiger partial charge is 0.261 e. The zero-order valence-electron chi connectivity index (χ0n) is 14.8. The van der Waals surface area contributed by atoms with Gasteiger partial charge in [0.2, 0.25) is 5.91 Å². The molecule has 2 aromatic carbocycles. The van der Waals surface area contributed by atoms with Crippen molar-refractivity contribution in [3.8, 4) is 18.1 Å². The van der Waals surface area contributed by atoms with Crippen LogP contribution in [0.3, 0.4) is 0 Å². The van der Waals surface area contributed by atoms with E-state index in [0.717, 1.165) is 5.56 Å². The SMILES string of the molecule is C#CCN(Cc1ccccc1)C(=O)COc1ccc(NC(=O)CC)cc1. The van der Waals surface area contributed by atoms with Crippen molar-refractivity contribution in [3.63, 3.8) is 0 Å². The molecule has 0 spiro atoms. The molecular weight excluding hydrogens is 328 g/mol. The predicted octanol–water partition coefficient (Wildman–Crippen LogP) is 3.08. The first kappa shape index (κ1) is 19.1. The van der Waals surface area contributed by atoms with Gasteiger partial charge in [0, 0.05) is 18.7 Å². The minimum absolute atomic E-state index is 0.0558. The van der Waals surface area contributed by atoms with E-state index in [4.69, 9.17) is 11.2 Å². The number of ether oxygens (including phenoxy) is 1. The molecule has 0 radical (unpaired) electrons. The molecule has 5 nitrogen and oxygen atoms in total. The van der Waals surface area contributed by atoms with Crippen LogP contribution in [-0.4, -0.2) is 29.9 Å². The van der Waals surface area contributed by atoms with E-state index in [2.05, 4.69) is 11.2 Å². The molecule has 26 heavy (non-hydrogen) atoms. The van der Waals surface area contributed by atoms with Crippen molar-refractivity contribution in [2.24, 2.45) is 0 Å². The molecule has 0 saturated heterocycles. The highest BCUT2D eigenvalue weighted by Crippen LogP contribution is 2.16. The first-order chi connectivity index (χ1) is 12.6. The van der Waals surface area contributed by atoms with Crippen LogP contribution in [0, 0.1) is 12.3 Å². The summed E-state index contributed by atoms with van der Waals surface area (Å²) in [5.41, 5.74) is 1.70. The Bertz CT molecular complexity index is 764. The van der Waals surface area contributed by atoms with Gasteiger partial charge in [-0.3, -0.25) is 9.59 Å². The lowest BCUT2D eigenvalue weighted by atomic mass is 10.2. The van der Waals surface area contributed by atoms with E-state index in [1.54, 1.807) is 36.1 Å². The number of carbonyl (C=O) groups is 2. The van der Waals surface area contributed by atoms with E-state index >= 15 is 0 Å². The number of nitrogens with one attached hydrogen (secondary N) is 1. The summed E-state index contributed by atoms with van der Waals surface area (Å²) >= 11 is 0. The van der Waals surface area contributed by atoms with E-state index in [-0.39, 0.29) is 25.0 Å². The number of carbonyl (C=O) groups excluding carboxylic acids is 2. The predicted molar refractivity (Wildman–Crippen MR) is 102 cm³/mol. The molecule has 0 atom stereocenters. The molecule has 0 aromatic heterocycles. The fourth-order valence-corrected chi connectivity index (χ4v) is 2.27. The summed E-state index contributed by atoms with van der Waals surface area (Å²) in [6.07, 6.45) is 5.79. The number of anilines is 1. The maximum absolute atomic E-state index is 12.4. The Morgan fingerprint density at radius 3 is 2.42 bits per heavy atom. The number of hydrogen-bond acceptors (Lipinski definition) is 3. The Morgan fingerprint density at radius 2 is 1.81 bits per heavy atom. The standard InChI is InChI=1S/C21H22N2O3/c1-3-14-23(15-17-8-6-5-7-9-17)21(25)16-26-19-12-10-18(11-13-19)22-20(24)4-2/h1,5-13H,4,14-16H2,2H3,(H,22,24). The molecule has 2 amide bonds. The molecule has 0 unspecified atom stereocenters. The van der Waals surface area contributed by atoms with Crippen LogP contribution in [0.2, 0.25) is 0 Å². The summed E-state index contributed by atoms with van der Waals surface area (Å²) in [7, 11) is 0. The third-order valence-corrected chi connectivity index (χ3v) is 3.67. The molecule has 0 heterocycles. The molecule has 2 aromatic rings. The number of rotatable bonds is 8. The fraction of sp³-hybridized carbons (Fsp3) is 0.238. The third kappa shape index (κ3) is 5.99. The summed E-state index contributed by atoms with van der Waals surface area (Å²) in [5.74, 6) is 2.82. The van der Waals surface area contributed by atoms with Crippen LogP contribution >= 0.6 is 0 Å². The Kier molecular flexibility index (Phi) is 7.26. The molecule has 0 aliphatic carbocycles. The Morgan fingerprint density at radius 1 is 1.12 bits per heavy atom. The monoisotopic (exact) mass is 350 g/mol. The third-order valence-electron chi connectivity index (χ3n) is 3.67. The lowest BCUT2D eigenvalue weighted by Gasteiger charge is -2.20. The molecule has 0 saturated carbocycles. The fourth-order valence-electron chi connectivity index (χ4n) is 2.27. The van der Waals surface area contributed by atoms with E-state index < -0.39 is 0 Å². The summed E-state index contributed by atoms with van der Waals surface area (Å²) < 4.78 is 5.55. The molecule has 0 bridgehead atoms. The Hall–Kier alpha value is -3.26. The zero-order valence-corrected chi connectivity index (χ0v) is 14.8. The van der Waals surface area contributed by atoms with Crippen molar-refractivity contribution in [3.05, 3.63) is 60.2 Å². The molecule has 1 N–H and O–H groups in total. The number of benzene rings is 2. The largest absolute Gasteiger partial charge is 0.484 e. The maximum Gasteiger partial charge on any atom is 0.261 e. The highest BCUT2D eigenvalue weighted by Gasteiger charge is 2.14. The van der Waals surface area contributed by atoms with Crippen LogP contribution in [0.5, 0.6) is 5.75 Å². The molecular formula is C21H22N2O3. The minimum Gasteiger partial charge on any atom is -0.484 e. The highest BCUT2D eigenvalue weighted by atomic mass is 16.5. The first-order valence-electron chi connectivity index (χ1n) is 8.40. The van der Waals surface area contributed by atoms with E-state index in [1.807, 2.05) is 30.3 Å². The number of terminal acetylenes is 1. The second kappa shape index (κ2) is 9.90. The van der Waals surface area contributed by atoms with Gasteiger partial charge >= 0.3 is 0 Å². The van der Waals surface area contributed by atoms with Gasteiger partial charge in [-0.05, 0) is 29.8 Å². The lowest BCUT2D eigenvalue weighted by Crippen LogP contribution is -2.34. The quantitative estimate of drug-likeness (QED) is 0.745. The van der Waals surface area contributed by atoms with Crippen molar-refractivity contribution in [1.29, 1.82) is 0 Å². The molecule has 0 aliphatic rings. The summed E-state index contributed by atoms with van der Waals surface area (Å²) in [4.78, 5) is 25.3. The molecule has 0 fully saturated rings. The van der Waals surface area contributed by atoms with Gasteiger partial charge in [-0.2, -0.15) is 0 Å². The van der Waals surface area contributed by atoms with Gasteiger partial charge in [0.15, 0.2) is 6.61 Å². The van der Waals surface area contributed by atoms with Crippen LogP contribution in [0.1, 0.15) is 18.9 Å². The second-order valence-electron chi connectivity index (χ2n) is 5.65. The maximum atomic E-state index is 12.4. The average Bonchev–Trinajstić information content (AvgIpc) is 2.67. The van der Waals surface area contributed by atoms with Crippen LogP contribution in [0.15, 0.2) is 54.6 Å². The van der Waals surface area contributed by atoms with Crippen molar-refractivity contribution in [1.82, 2.24) is 4.90 Å². The summed E-state index contributed by atoms with van der Waals surface area (Å²) in [6.45, 7) is 2.35. The van der Waals surface area contributed by atoms with E-state index in [0.29, 0.717) is 24.4 Å². The number of hydrogen-bond donors (Lipinski definition) is 1. The van der Waals surface area contributed by atoms with Crippen LogP contribution < -0.4 is 10.1 Å². The van der Waals surface area contributed by atoms with Gasteiger partial charge in [-0.15, -0.1) is 6.42 Å². The topological polar surface area (TPSA) is 58.6 Å². The van der Waals surface area contributed by atoms with E-state index in [9.17, 15) is 9.59 Å². The van der Waals surface area contributed by atoms with Crippen LogP contribution in [-0.2, 0) is 16.1 Å². The van der Waals surface area contributed by atoms with Gasteiger partial charge in [0.1, 0.15) is 5.75 Å². The Labute approximate surface area is 154 Å². The van der Waals surface area contributed by atoms with Gasteiger partial charge in [-0.25, -0.2) is 0 Å². The average molecular weight is 350 g/mol. The molecule has 2 rings (SSSR count). The van der Waals surface area contributed by atoms with Gasteiger partial charge < -0.3 is 15.0 Å². The highest BCUT2D eigenvalue weighted by molar-refractivity contribution is 5.90. The van der Waals surface area contributed by atoms with Gasteiger partial charge in [-0.1, -0.05) is 43.2 Å². The first-order valence-corrected chi connectivity index (χ1v) is 8.40. The van der Waals surface area contributed by atoms with E-state index in [1.165, 1.54) is 0 Å². The molecule has 134 valence electrons. The molecule has 0 aliphatic heterocycles. The van der Waals surface area contributed by atoms with Crippen LogP contribution in [0.4, 0.5) is 5.69 Å². The van der Waals surface area contributed by atoms with Crippen molar-refractivity contribution in [2.45, 2.75) is 19.9 Å². The van der Waals surface area contributed by atoms with Gasteiger partial charge in [0.05, 0.1) is 6.54 Å². The van der Waals surface area contributed by atoms with Gasteiger partial charge in [0.25, 0.3) is 5.91 Å². The normalized spacial score (nSPS) is 9.85. The van der Waals surface area contributed by atoms with Crippen molar-refractivity contribution >= 4 is 17.5 Å². The Balaban J connectivity index is 1.90. The number of nitrogens with zero attached hydrogens (tertiary/aromatic N) is 1. The van der Waals surface area contributed by atoms with Crippen molar-refractivity contribution < 1.29 is 14.3 Å². The summed E-state index contributed by atoms with van der Waals surface area (Å²) in [6, 6.07) is 16.5. The summed E-state index contributed by atoms with van der Waals surface area (Å²) in [5, 5.41) is 2.75. The molecule has 5 heteroatoms.